The second-order valence-electron chi connectivity index (χ2n) is 4.23. The lowest BCUT2D eigenvalue weighted by atomic mass is 10.4. The van der Waals surface area contributed by atoms with E-state index in [-0.39, 0.29) is 16.6 Å². The molecule has 9 heteroatoms. The molecule has 0 aliphatic carbocycles. The van der Waals surface area contributed by atoms with Crippen LogP contribution < -0.4 is 5.14 Å². The van der Waals surface area contributed by atoms with E-state index >= 15 is 0 Å². The monoisotopic (exact) mass is 368 g/mol. The minimum atomic E-state index is -3.64. The third-order valence-corrected chi connectivity index (χ3v) is 5.04. The molecule has 0 bridgehead atoms. The van der Waals surface area contributed by atoms with Crippen LogP contribution in [0.2, 0.25) is 0 Å². The molecule has 0 amide bonds. The van der Waals surface area contributed by atoms with Crippen molar-refractivity contribution < 1.29 is 17.9 Å². The quantitative estimate of drug-likeness (QED) is 0.685. The Morgan fingerprint density at radius 2 is 1.82 bits per heavy atom. The van der Waals surface area contributed by atoms with E-state index in [2.05, 4.69) is 16.7 Å². The molecule has 2 N–H and O–H groups in total. The van der Waals surface area contributed by atoms with Crippen molar-refractivity contribution in [1.82, 2.24) is 4.90 Å². The fourth-order valence-corrected chi connectivity index (χ4v) is 3.09. The maximum atomic E-state index is 11.2. The van der Waals surface area contributed by atoms with E-state index in [1.165, 1.54) is 6.07 Å². The zero-order valence-corrected chi connectivity index (χ0v) is 15.0. The van der Waals surface area contributed by atoms with Gasteiger partial charge in [0.25, 0.3) is 0 Å². The Hall–Kier alpha value is -0.660. The number of sulfonamides is 1. The standard InChI is InChI=1S/C13H20N2O4S2.ClH/c1-18-10-8-15(9-11-19-2)7-3-4-12-5-6-13(20-12)21(14,16)17;/h5-6H,7-11H2,1-2H3,(H2,14,16,17);1H. The average Bonchev–Trinajstić information content (AvgIpc) is 2.90. The second kappa shape index (κ2) is 11.0. The Kier molecular flexibility index (Phi) is 10.6. The zero-order chi connectivity index (χ0) is 15.7. The number of thiophene rings is 1. The first-order valence-electron chi connectivity index (χ1n) is 6.29. The van der Waals surface area contributed by atoms with Gasteiger partial charge < -0.3 is 9.47 Å². The van der Waals surface area contributed by atoms with Crippen molar-refractivity contribution in [3.05, 3.63) is 17.0 Å². The number of halogens is 1. The molecule has 0 atom stereocenters. The molecule has 1 heterocycles. The number of nitrogens with two attached hydrogens (primary N) is 1. The molecule has 0 aromatic carbocycles. The van der Waals surface area contributed by atoms with Crippen molar-refractivity contribution >= 4 is 33.8 Å². The van der Waals surface area contributed by atoms with E-state index in [4.69, 9.17) is 14.6 Å². The largest absolute Gasteiger partial charge is 0.383 e. The van der Waals surface area contributed by atoms with Crippen molar-refractivity contribution in [2.45, 2.75) is 4.21 Å². The predicted octanol–water partition coefficient (Wildman–Crippen LogP) is 0.764. The summed E-state index contributed by atoms with van der Waals surface area (Å²) in [7, 11) is -0.333. The number of methoxy groups -OCH3 is 2. The smallest absolute Gasteiger partial charge is 0.247 e. The number of primary sulfonamides is 1. The lowest BCUT2D eigenvalue weighted by Gasteiger charge is -2.18. The van der Waals surface area contributed by atoms with E-state index < -0.39 is 10.0 Å². The van der Waals surface area contributed by atoms with Gasteiger partial charge in [-0.1, -0.05) is 11.8 Å². The minimum Gasteiger partial charge on any atom is -0.383 e. The van der Waals surface area contributed by atoms with Crippen LogP contribution in [0, 0.1) is 11.8 Å². The van der Waals surface area contributed by atoms with Gasteiger partial charge >= 0.3 is 0 Å². The Balaban J connectivity index is 0.00000441. The fraction of sp³-hybridized carbons (Fsp3) is 0.538. The summed E-state index contributed by atoms with van der Waals surface area (Å²) in [6, 6.07) is 3.13. The van der Waals surface area contributed by atoms with Crippen molar-refractivity contribution in [3.63, 3.8) is 0 Å². The van der Waals surface area contributed by atoms with Gasteiger partial charge in [0, 0.05) is 27.3 Å². The first kappa shape index (κ1) is 21.3. The van der Waals surface area contributed by atoms with Gasteiger partial charge in [0.1, 0.15) is 4.21 Å². The highest BCUT2D eigenvalue weighted by Gasteiger charge is 2.10. The van der Waals surface area contributed by atoms with Gasteiger partial charge in [-0.15, -0.1) is 23.7 Å². The van der Waals surface area contributed by atoms with Crippen LogP contribution in [0.25, 0.3) is 0 Å². The van der Waals surface area contributed by atoms with Gasteiger partial charge in [-0.2, -0.15) is 0 Å². The molecule has 1 aromatic heterocycles. The van der Waals surface area contributed by atoms with Gasteiger partial charge in [-0.25, -0.2) is 13.6 Å². The van der Waals surface area contributed by atoms with Crippen molar-refractivity contribution in [1.29, 1.82) is 0 Å². The highest BCUT2D eigenvalue weighted by atomic mass is 35.5. The third-order valence-electron chi connectivity index (χ3n) is 2.60. The van der Waals surface area contributed by atoms with Crippen LogP contribution in [0.1, 0.15) is 4.88 Å². The second-order valence-corrected chi connectivity index (χ2v) is 7.10. The van der Waals surface area contributed by atoms with Crippen molar-refractivity contribution in [2.75, 3.05) is 47.1 Å². The van der Waals surface area contributed by atoms with Crippen LogP contribution in [-0.4, -0.2) is 60.4 Å². The summed E-state index contributed by atoms with van der Waals surface area (Å²) in [5.74, 6) is 5.97. The summed E-state index contributed by atoms with van der Waals surface area (Å²) < 4.78 is 32.6. The normalized spacial score (nSPS) is 10.9. The molecule has 0 radical (unpaired) electrons. The molecule has 6 nitrogen and oxygen atoms in total. The molecule has 0 aliphatic rings. The van der Waals surface area contributed by atoms with Gasteiger partial charge in [0.2, 0.25) is 10.0 Å². The van der Waals surface area contributed by atoms with Crippen LogP contribution in [0.5, 0.6) is 0 Å². The molecule has 22 heavy (non-hydrogen) atoms. The number of hydrogen-bond acceptors (Lipinski definition) is 6. The SMILES string of the molecule is COCCN(CC#Cc1ccc(S(N)(=O)=O)s1)CCOC.Cl. The minimum absolute atomic E-state index is 0. The molecule has 0 spiro atoms. The summed E-state index contributed by atoms with van der Waals surface area (Å²) >= 11 is 1.07. The Morgan fingerprint density at radius 3 is 2.27 bits per heavy atom. The summed E-state index contributed by atoms with van der Waals surface area (Å²) in [5, 5.41) is 5.06. The van der Waals surface area contributed by atoms with Crippen LogP contribution in [0.15, 0.2) is 16.3 Å². The first-order valence-corrected chi connectivity index (χ1v) is 8.65. The first-order chi connectivity index (χ1) is 9.97. The lowest BCUT2D eigenvalue weighted by Crippen LogP contribution is -2.31. The summed E-state index contributed by atoms with van der Waals surface area (Å²) in [6.07, 6.45) is 0. The predicted molar refractivity (Wildman–Crippen MR) is 90.0 cm³/mol. The van der Waals surface area contributed by atoms with Gasteiger partial charge in [-0.05, 0) is 12.1 Å². The van der Waals surface area contributed by atoms with E-state index in [0.717, 1.165) is 24.4 Å². The molecular formula is C13H21ClN2O4S2. The Morgan fingerprint density at radius 1 is 1.23 bits per heavy atom. The van der Waals surface area contributed by atoms with E-state index in [9.17, 15) is 8.42 Å². The Labute approximate surface area is 142 Å². The van der Waals surface area contributed by atoms with Crippen LogP contribution >= 0.6 is 23.7 Å². The molecule has 0 saturated heterocycles. The molecule has 0 unspecified atom stereocenters. The molecule has 126 valence electrons. The highest BCUT2D eigenvalue weighted by molar-refractivity contribution is 7.91. The molecule has 1 aromatic rings. The average molecular weight is 369 g/mol. The maximum absolute atomic E-state index is 11.2. The topological polar surface area (TPSA) is 81.9 Å². The van der Waals surface area contributed by atoms with E-state index in [1.807, 2.05) is 0 Å². The summed E-state index contributed by atoms with van der Waals surface area (Å²) in [5.41, 5.74) is 0. The van der Waals surface area contributed by atoms with Gasteiger partial charge in [0.05, 0.1) is 24.6 Å². The third kappa shape index (κ3) is 8.10. The van der Waals surface area contributed by atoms with E-state index in [0.29, 0.717) is 24.6 Å². The number of rotatable bonds is 8. The van der Waals surface area contributed by atoms with Gasteiger partial charge in [-0.3, -0.25) is 4.90 Å². The lowest BCUT2D eigenvalue weighted by molar-refractivity contribution is 0.122. The molecule has 0 saturated carbocycles. The number of hydrogen-bond donors (Lipinski definition) is 1. The number of ether oxygens (including phenoxy) is 2. The van der Waals surface area contributed by atoms with E-state index in [1.54, 1.807) is 20.3 Å². The molecule has 0 fully saturated rings. The van der Waals surface area contributed by atoms with Crippen LogP contribution in [0.3, 0.4) is 0 Å². The Bertz CT molecular complexity index is 585. The van der Waals surface area contributed by atoms with Crippen LogP contribution in [-0.2, 0) is 19.5 Å². The van der Waals surface area contributed by atoms with Crippen molar-refractivity contribution in [3.8, 4) is 11.8 Å². The van der Waals surface area contributed by atoms with Crippen molar-refractivity contribution in [2.24, 2.45) is 5.14 Å². The fourth-order valence-electron chi connectivity index (χ4n) is 1.49. The highest BCUT2D eigenvalue weighted by Crippen LogP contribution is 2.18. The molecule has 1 rings (SSSR count). The molecular weight excluding hydrogens is 348 g/mol. The van der Waals surface area contributed by atoms with Gasteiger partial charge in [0.15, 0.2) is 0 Å². The maximum Gasteiger partial charge on any atom is 0.247 e. The number of nitrogens with zero attached hydrogens (tertiary/aromatic N) is 1. The summed E-state index contributed by atoms with van der Waals surface area (Å²) in [4.78, 5) is 2.78. The van der Waals surface area contributed by atoms with Crippen LogP contribution in [0.4, 0.5) is 0 Å². The zero-order valence-electron chi connectivity index (χ0n) is 12.6. The molecule has 0 aliphatic heterocycles. The summed E-state index contributed by atoms with van der Waals surface area (Å²) in [6.45, 7) is 3.35.